The third kappa shape index (κ3) is 5.94. The van der Waals surface area contributed by atoms with Crippen molar-refractivity contribution in [1.82, 2.24) is 15.6 Å². The lowest BCUT2D eigenvalue weighted by Crippen LogP contribution is -2.44. The Hall–Kier alpha value is -3.29. The van der Waals surface area contributed by atoms with Gasteiger partial charge in [0.15, 0.2) is 5.96 Å². The number of hydrogen-bond acceptors (Lipinski definition) is 5. The maximum atomic E-state index is 11.7. The van der Waals surface area contributed by atoms with Crippen LogP contribution in [0.1, 0.15) is 31.7 Å². The van der Waals surface area contributed by atoms with E-state index in [-0.39, 0.29) is 11.8 Å². The summed E-state index contributed by atoms with van der Waals surface area (Å²) >= 11 is 0. The maximum absolute atomic E-state index is 11.7. The second kappa shape index (κ2) is 11.0. The van der Waals surface area contributed by atoms with Crippen molar-refractivity contribution in [3.05, 3.63) is 54.2 Å². The summed E-state index contributed by atoms with van der Waals surface area (Å²) in [5, 5.41) is 6.99. The summed E-state index contributed by atoms with van der Waals surface area (Å²) in [6.45, 7) is 6.89. The molecular weight excluding hydrogens is 414 g/mol. The van der Waals surface area contributed by atoms with E-state index >= 15 is 0 Å². The van der Waals surface area contributed by atoms with E-state index in [0.29, 0.717) is 19.1 Å². The highest BCUT2D eigenvalue weighted by Gasteiger charge is 2.26. The first kappa shape index (κ1) is 22.9. The molecule has 0 radical (unpaired) electrons. The number of para-hydroxylation sites is 1. The molecule has 1 amide bonds. The predicted molar refractivity (Wildman–Crippen MR) is 133 cm³/mol. The summed E-state index contributed by atoms with van der Waals surface area (Å²) in [4.78, 5) is 25.8. The summed E-state index contributed by atoms with van der Waals surface area (Å²) in [5.74, 6) is 1.38. The number of hydrogen-bond donors (Lipinski definition) is 3. The number of aliphatic imine (C=N–C) groups is 1. The zero-order valence-electron chi connectivity index (χ0n) is 19.4. The molecule has 0 bridgehead atoms. The molecule has 0 spiro atoms. The number of amides is 1. The van der Waals surface area contributed by atoms with Gasteiger partial charge in [0, 0.05) is 56.2 Å². The molecule has 8 nitrogen and oxygen atoms in total. The van der Waals surface area contributed by atoms with Gasteiger partial charge in [-0.25, -0.2) is 9.98 Å². The summed E-state index contributed by atoms with van der Waals surface area (Å²) in [7, 11) is 0. The summed E-state index contributed by atoms with van der Waals surface area (Å²) in [6, 6.07) is 14.9. The number of benzene rings is 1. The van der Waals surface area contributed by atoms with Crippen LogP contribution in [0.4, 0.5) is 11.5 Å². The molecular formula is C25H35N7O. The van der Waals surface area contributed by atoms with Crippen molar-refractivity contribution in [2.24, 2.45) is 16.6 Å². The van der Waals surface area contributed by atoms with Gasteiger partial charge in [0.1, 0.15) is 5.82 Å². The lowest BCUT2D eigenvalue weighted by Gasteiger charge is -2.33. The van der Waals surface area contributed by atoms with Crippen molar-refractivity contribution in [2.75, 3.05) is 42.5 Å². The van der Waals surface area contributed by atoms with E-state index in [9.17, 15) is 4.79 Å². The normalized spacial score (nSPS) is 21.2. The number of rotatable bonds is 7. The Morgan fingerprint density at radius 3 is 2.76 bits per heavy atom. The van der Waals surface area contributed by atoms with Crippen LogP contribution in [0.5, 0.6) is 0 Å². The molecule has 8 heteroatoms. The molecule has 1 aromatic carbocycles. The second-order valence-corrected chi connectivity index (χ2v) is 8.78. The third-order valence-corrected chi connectivity index (χ3v) is 6.39. The summed E-state index contributed by atoms with van der Waals surface area (Å²) < 4.78 is 0. The molecule has 2 aliphatic rings. The number of nitrogens with one attached hydrogen (secondary N) is 2. The Kier molecular flexibility index (Phi) is 7.65. The van der Waals surface area contributed by atoms with Crippen LogP contribution < -0.4 is 26.2 Å². The van der Waals surface area contributed by atoms with Crippen LogP contribution in [-0.2, 0) is 11.3 Å². The van der Waals surface area contributed by atoms with Gasteiger partial charge in [-0.2, -0.15) is 0 Å². The van der Waals surface area contributed by atoms with Gasteiger partial charge in [-0.3, -0.25) is 4.79 Å². The number of pyridine rings is 1. The van der Waals surface area contributed by atoms with Gasteiger partial charge < -0.3 is 26.2 Å². The maximum Gasteiger partial charge on any atom is 0.222 e. The first-order valence-electron chi connectivity index (χ1n) is 12.0. The smallest absolute Gasteiger partial charge is 0.222 e. The van der Waals surface area contributed by atoms with Gasteiger partial charge >= 0.3 is 0 Å². The standard InChI is InChI=1S/C25H35N7O/c1-2-27-25(30-21-12-15-31(18-21)22-10-4-3-5-11-22)29-16-19-8-6-13-28-24(19)32-14-7-9-20(17-32)23(26)33/h3-6,8,10-11,13,20-21H,2,7,9,12,14-18H2,1H3,(H2,26,33)(H2,27,29,30). The van der Waals surface area contributed by atoms with Gasteiger partial charge in [0.2, 0.25) is 5.91 Å². The molecule has 2 atom stereocenters. The molecule has 0 aliphatic carbocycles. The average molecular weight is 450 g/mol. The van der Waals surface area contributed by atoms with Crippen LogP contribution >= 0.6 is 0 Å². The molecule has 2 fully saturated rings. The van der Waals surface area contributed by atoms with Gasteiger partial charge in [-0.1, -0.05) is 24.3 Å². The van der Waals surface area contributed by atoms with Crippen molar-refractivity contribution >= 4 is 23.4 Å². The summed E-state index contributed by atoms with van der Waals surface area (Å²) in [5.41, 5.74) is 7.89. The molecule has 0 saturated carbocycles. The molecule has 3 heterocycles. The summed E-state index contributed by atoms with van der Waals surface area (Å²) in [6.07, 6.45) is 4.66. The van der Waals surface area contributed by atoms with E-state index in [0.717, 1.165) is 62.8 Å². The van der Waals surface area contributed by atoms with Crippen LogP contribution in [0.3, 0.4) is 0 Å². The van der Waals surface area contributed by atoms with Crippen LogP contribution in [0, 0.1) is 5.92 Å². The minimum atomic E-state index is -0.227. The quantitative estimate of drug-likeness (QED) is 0.442. The van der Waals surface area contributed by atoms with E-state index in [4.69, 9.17) is 10.7 Å². The Bertz CT molecular complexity index is 949. The Morgan fingerprint density at radius 1 is 1.12 bits per heavy atom. The monoisotopic (exact) mass is 449 g/mol. The van der Waals surface area contributed by atoms with Crippen LogP contribution in [0.15, 0.2) is 53.7 Å². The average Bonchev–Trinajstić information content (AvgIpc) is 3.32. The predicted octanol–water partition coefficient (Wildman–Crippen LogP) is 2.12. The number of aromatic nitrogens is 1. The van der Waals surface area contributed by atoms with Gasteiger partial charge in [0.25, 0.3) is 0 Å². The highest BCUT2D eigenvalue weighted by molar-refractivity contribution is 5.80. The Morgan fingerprint density at radius 2 is 1.97 bits per heavy atom. The largest absolute Gasteiger partial charge is 0.369 e. The van der Waals surface area contributed by atoms with E-state index < -0.39 is 0 Å². The molecule has 176 valence electrons. The molecule has 1 aromatic heterocycles. The fourth-order valence-electron chi connectivity index (χ4n) is 4.67. The van der Waals surface area contributed by atoms with Crippen molar-refractivity contribution in [3.63, 3.8) is 0 Å². The van der Waals surface area contributed by atoms with Crippen molar-refractivity contribution in [3.8, 4) is 0 Å². The number of carbonyl (C=O) groups excluding carboxylic acids is 1. The lowest BCUT2D eigenvalue weighted by atomic mass is 9.97. The number of guanidine groups is 1. The van der Waals surface area contributed by atoms with E-state index in [1.165, 1.54) is 5.69 Å². The molecule has 2 unspecified atom stereocenters. The third-order valence-electron chi connectivity index (χ3n) is 6.39. The van der Waals surface area contributed by atoms with Gasteiger partial charge in [0.05, 0.1) is 12.5 Å². The van der Waals surface area contributed by atoms with E-state index in [1.54, 1.807) is 6.20 Å². The lowest BCUT2D eigenvalue weighted by molar-refractivity contribution is -0.122. The Labute approximate surface area is 196 Å². The zero-order chi connectivity index (χ0) is 23.0. The number of piperidine rings is 1. The van der Waals surface area contributed by atoms with E-state index in [1.807, 2.05) is 6.07 Å². The number of nitrogens with two attached hydrogens (primary N) is 1. The van der Waals surface area contributed by atoms with Gasteiger partial charge in [-0.15, -0.1) is 0 Å². The topological polar surface area (TPSA) is 98.9 Å². The molecule has 33 heavy (non-hydrogen) atoms. The fraction of sp³-hybridized carbons (Fsp3) is 0.480. The van der Waals surface area contributed by atoms with Crippen molar-refractivity contribution < 1.29 is 4.79 Å². The number of nitrogens with zero attached hydrogens (tertiary/aromatic N) is 4. The minimum absolute atomic E-state index is 0.119. The highest BCUT2D eigenvalue weighted by atomic mass is 16.1. The second-order valence-electron chi connectivity index (χ2n) is 8.78. The number of carbonyl (C=O) groups is 1. The fourth-order valence-corrected chi connectivity index (χ4v) is 4.67. The SMILES string of the molecule is CCNC(=NCc1cccnc1N1CCCC(C(N)=O)C1)NC1CCN(c2ccccc2)C1. The highest BCUT2D eigenvalue weighted by Crippen LogP contribution is 2.25. The first-order chi connectivity index (χ1) is 16.1. The van der Waals surface area contributed by atoms with Crippen LogP contribution in [0.25, 0.3) is 0 Å². The van der Waals surface area contributed by atoms with Crippen molar-refractivity contribution in [1.29, 1.82) is 0 Å². The van der Waals surface area contributed by atoms with Gasteiger partial charge in [-0.05, 0) is 44.4 Å². The van der Waals surface area contributed by atoms with Crippen LogP contribution in [0.2, 0.25) is 0 Å². The van der Waals surface area contributed by atoms with E-state index in [2.05, 4.69) is 68.7 Å². The molecule has 4 rings (SSSR count). The zero-order valence-corrected chi connectivity index (χ0v) is 19.4. The number of primary amides is 1. The minimum Gasteiger partial charge on any atom is -0.369 e. The first-order valence-corrected chi connectivity index (χ1v) is 12.0. The Balaban J connectivity index is 1.42. The molecule has 2 aliphatic heterocycles. The number of anilines is 2. The molecule has 2 saturated heterocycles. The van der Waals surface area contributed by atoms with Crippen molar-refractivity contribution in [2.45, 2.75) is 38.8 Å². The molecule has 2 aromatic rings. The molecule has 4 N–H and O–H groups in total. The van der Waals surface area contributed by atoms with Crippen LogP contribution in [-0.4, -0.2) is 55.6 Å².